The molecule has 15 heavy (non-hydrogen) atoms. The summed E-state index contributed by atoms with van der Waals surface area (Å²) in [6.07, 6.45) is 3.33. The Morgan fingerprint density at radius 3 is 3.00 bits per heavy atom. The van der Waals surface area contributed by atoms with Crippen molar-refractivity contribution in [3.05, 3.63) is 23.7 Å². The van der Waals surface area contributed by atoms with Crippen LogP contribution in [0.1, 0.15) is 5.69 Å². The summed E-state index contributed by atoms with van der Waals surface area (Å²) in [6.45, 7) is 0. The van der Waals surface area contributed by atoms with Crippen molar-refractivity contribution in [2.45, 2.75) is 12.5 Å². The third kappa shape index (κ3) is 2.67. The Hall–Kier alpha value is -2.11. The number of imidazole rings is 1. The van der Waals surface area contributed by atoms with E-state index >= 15 is 0 Å². The van der Waals surface area contributed by atoms with E-state index in [0.717, 1.165) is 0 Å². The number of nitrogens with one attached hydrogen (secondary N) is 1. The molecular weight excluding hydrogens is 198 g/mol. The molecule has 0 amide bonds. The fraction of sp³-hybridized carbons (Fsp3) is 0.250. The molecule has 0 saturated carbocycles. The largest absolute Gasteiger partial charge is 0.398 e. The number of carbonyl (C=O) groups excluding carboxylic acids is 2. The van der Waals surface area contributed by atoms with E-state index in [1.807, 2.05) is 0 Å². The van der Waals surface area contributed by atoms with Gasteiger partial charge in [-0.25, -0.2) is 4.98 Å². The standard InChI is InChI=1S/C8H9N5O2/c9-6(1-5-2-11-4-12-5)8(15)7(3-14)13-10/h2-4,6H,1,9H2,(H,11,12)/t6-/m0/s1. The number of Topliss-reactive ketones (excluding diaryl/α,β-unsaturated/α-hetero) is 1. The van der Waals surface area contributed by atoms with Crippen LogP contribution in [0, 0.1) is 0 Å². The third-order valence-corrected chi connectivity index (χ3v) is 1.80. The quantitative estimate of drug-likeness (QED) is 0.205. The Bertz CT molecular complexity index is 405. The molecule has 0 saturated heterocycles. The molecule has 0 unspecified atom stereocenters. The van der Waals surface area contributed by atoms with Gasteiger partial charge in [0, 0.05) is 18.3 Å². The van der Waals surface area contributed by atoms with Crippen molar-refractivity contribution in [1.29, 1.82) is 0 Å². The SMILES string of the molecule is [N-]=[N+]=C(C=O)C(=O)[C@@H](N)Cc1cnc[nH]1. The Morgan fingerprint density at radius 2 is 2.53 bits per heavy atom. The van der Waals surface area contributed by atoms with Crippen LogP contribution >= 0.6 is 0 Å². The molecule has 0 aliphatic carbocycles. The summed E-state index contributed by atoms with van der Waals surface area (Å²) >= 11 is 0. The minimum atomic E-state index is -0.929. The second kappa shape index (κ2) is 4.94. The van der Waals surface area contributed by atoms with Gasteiger partial charge in [-0.15, -0.1) is 0 Å². The van der Waals surface area contributed by atoms with E-state index in [0.29, 0.717) is 5.69 Å². The number of hydrogen-bond acceptors (Lipinski definition) is 4. The van der Waals surface area contributed by atoms with E-state index in [1.54, 1.807) is 0 Å². The number of aromatic amines is 1. The van der Waals surface area contributed by atoms with E-state index in [1.165, 1.54) is 12.5 Å². The Labute approximate surface area is 84.9 Å². The van der Waals surface area contributed by atoms with Gasteiger partial charge in [0.15, 0.2) is 0 Å². The summed E-state index contributed by atoms with van der Waals surface area (Å²) in [5.74, 6) is -0.706. The van der Waals surface area contributed by atoms with Gasteiger partial charge in [0.05, 0.1) is 12.4 Å². The van der Waals surface area contributed by atoms with Crippen LogP contribution in [0.2, 0.25) is 0 Å². The number of nitrogens with zero attached hydrogens (tertiary/aromatic N) is 3. The fourth-order valence-electron chi connectivity index (χ4n) is 1.05. The Balaban J connectivity index is 2.69. The first kappa shape index (κ1) is 11.0. The lowest BCUT2D eigenvalue weighted by molar-refractivity contribution is -0.121. The van der Waals surface area contributed by atoms with E-state index in [9.17, 15) is 9.59 Å². The summed E-state index contributed by atoms with van der Waals surface area (Å²) in [6, 6.07) is -0.929. The number of nitrogens with two attached hydrogens (primary N) is 1. The third-order valence-electron chi connectivity index (χ3n) is 1.80. The van der Waals surface area contributed by atoms with E-state index in [2.05, 4.69) is 14.8 Å². The number of carbonyl (C=O) groups is 2. The first-order chi connectivity index (χ1) is 7.19. The molecular formula is C8H9N5O2. The van der Waals surface area contributed by atoms with E-state index in [-0.39, 0.29) is 12.7 Å². The highest BCUT2D eigenvalue weighted by molar-refractivity contribution is 6.59. The number of rotatable bonds is 5. The van der Waals surface area contributed by atoms with E-state index in [4.69, 9.17) is 11.3 Å². The zero-order chi connectivity index (χ0) is 11.3. The van der Waals surface area contributed by atoms with E-state index < -0.39 is 17.5 Å². The zero-order valence-corrected chi connectivity index (χ0v) is 7.75. The monoisotopic (exact) mass is 207 g/mol. The molecule has 7 heteroatoms. The van der Waals surface area contributed by atoms with Crippen LogP contribution in [0.3, 0.4) is 0 Å². The highest BCUT2D eigenvalue weighted by Crippen LogP contribution is 1.97. The normalized spacial score (nSPS) is 11.5. The molecule has 0 radical (unpaired) electrons. The van der Waals surface area contributed by atoms with Crippen molar-refractivity contribution < 1.29 is 14.4 Å². The molecule has 1 rings (SSSR count). The molecule has 0 aliphatic heterocycles. The predicted octanol–water partition coefficient (Wildman–Crippen LogP) is -1.28. The van der Waals surface area contributed by atoms with Gasteiger partial charge in [-0.1, -0.05) is 0 Å². The molecule has 0 bridgehead atoms. The second-order valence-corrected chi connectivity index (χ2v) is 2.85. The Kier molecular flexibility index (Phi) is 3.61. The van der Waals surface area contributed by atoms with Gasteiger partial charge in [-0.05, 0) is 0 Å². The molecule has 78 valence electrons. The van der Waals surface area contributed by atoms with Crippen LogP contribution in [0.15, 0.2) is 12.5 Å². The number of H-pyrrole nitrogens is 1. The van der Waals surface area contributed by atoms with Crippen molar-refractivity contribution in [3.8, 4) is 0 Å². The summed E-state index contributed by atoms with van der Waals surface area (Å²) in [4.78, 5) is 30.7. The van der Waals surface area contributed by atoms with Crippen molar-refractivity contribution >= 4 is 17.8 Å². The minimum Gasteiger partial charge on any atom is -0.360 e. The summed E-state index contributed by atoms with van der Waals surface area (Å²) in [5.41, 5.74) is 13.9. The maximum atomic E-state index is 11.4. The molecule has 1 atom stereocenters. The van der Waals surface area contributed by atoms with Crippen molar-refractivity contribution in [1.82, 2.24) is 9.97 Å². The predicted molar refractivity (Wildman–Crippen MR) is 50.0 cm³/mol. The average molecular weight is 207 g/mol. The molecule has 0 aliphatic rings. The first-order valence-electron chi connectivity index (χ1n) is 4.13. The topological polar surface area (TPSA) is 125 Å². The molecule has 7 nitrogen and oxygen atoms in total. The number of ketones is 1. The summed E-state index contributed by atoms with van der Waals surface area (Å²) < 4.78 is 0. The highest BCUT2D eigenvalue weighted by atomic mass is 16.1. The van der Waals surface area contributed by atoms with Crippen LogP contribution in [0.4, 0.5) is 0 Å². The molecule has 0 spiro atoms. The van der Waals surface area contributed by atoms with Crippen molar-refractivity contribution in [2.24, 2.45) is 5.73 Å². The minimum absolute atomic E-state index is 0.162. The van der Waals surface area contributed by atoms with Gasteiger partial charge in [0.2, 0.25) is 6.29 Å². The van der Waals surface area contributed by atoms with Gasteiger partial charge in [-0.3, -0.25) is 9.59 Å². The van der Waals surface area contributed by atoms with Gasteiger partial charge in [-0.2, -0.15) is 4.79 Å². The van der Waals surface area contributed by atoms with Crippen LogP contribution in [0.25, 0.3) is 5.53 Å². The summed E-state index contributed by atoms with van der Waals surface area (Å²) in [5, 5.41) is 0. The van der Waals surface area contributed by atoms with Crippen LogP contribution in [0.5, 0.6) is 0 Å². The fourth-order valence-corrected chi connectivity index (χ4v) is 1.05. The molecule has 0 fully saturated rings. The smallest absolute Gasteiger partial charge is 0.360 e. The maximum Gasteiger partial charge on any atom is 0.398 e. The van der Waals surface area contributed by atoms with Crippen molar-refractivity contribution in [2.75, 3.05) is 0 Å². The lowest BCUT2D eigenvalue weighted by atomic mass is 10.1. The van der Waals surface area contributed by atoms with Gasteiger partial charge in [0.1, 0.15) is 0 Å². The Morgan fingerprint density at radius 1 is 1.80 bits per heavy atom. The summed E-state index contributed by atoms with van der Waals surface area (Å²) in [7, 11) is 0. The van der Waals surface area contributed by atoms with Crippen LogP contribution < -0.4 is 5.73 Å². The van der Waals surface area contributed by atoms with Gasteiger partial charge < -0.3 is 16.2 Å². The zero-order valence-electron chi connectivity index (χ0n) is 7.75. The number of hydrogen-bond donors (Lipinski definition) is 2. The maximum absolute atomic E-state index is 11.4. The molecule has 3 N–H and O–H groups in total. The molecule has 1 heterocycles. The second-order valence-electron chi connectivity index (χ2n) is 2.85. The number of aldehydes is 1. The van der Waals surface area contributed by atoms with Crippen LogP contribution in [-0.4, -0.2) is 38.6 Å². The molecule has 1 aromatic rings. The number of aromatic nitrogens is 2. The van der Waals surface area contributed by atoms with Crippen molar-refractivity contribution in [3.63, 3.8) is 0 Å². The van der Waals surface area contributed by atoms with Gasteiger partial charge >= 0.3 is 5.71 Å². The molecule has 0 aromatic carbocycles. The van der Waals surface area contributed by atoms with Gasteiger partial charge in [0.25, 0.3) is 5.78 Å². The van der Waals surface area contributed by atoms with Crippen LogP contribution in [-0.2, 0) is 16.0 Å². The highest BCUT2D eigenvalue weighted by Gasteiger charge is 2.26. The average Bonchev–Trinajstić information content (AvgIpc) is 2.72. The lowest BCUT2D eigenvalue weighted by Gasteiger charge is -2.03. The molecule has 1 aromatic heterocycles. The lowest BCUT2D eigenvalue weighted by Crippen LogP contribution is -2.38. The first-order valence-corrected chi connectivity index (χ1v) is 4.13.